The molecule has 0 spiro atoms. The summed E-state index contributed by atoms with van der Waals surface area (Å²) < 4.78 is 35.8. The number of nitrogens with zero attached hydrogens (tertiary/aromatic N) is 1. The van der Waals surface area contributed by atoms with Crippen molar-refractivity contribution in [3.05, 3.63) is 83.8 Å². The number of carbonyl (C=O) groups excluding carboxylic acids is 1. The van der Waals surface area contributed by atoms with Crippen LogP contribution in [0.15, 0.2) is 66.9 Å². The molecule has 1 atom stereocenters. The number of H-pyrrole nitrogens is 1. The molecule has 0 radical (unpaired) electrons. The Balaban J connectivity index is 1.42. The van der Waals surface area contributed by atoms with Crippen LogP contribution in [0.5, 0.6) is 17.2 Å². The second-order valence-corrected chi connectivity index (χ2v) is 9.05. The van der Waals surface area contributed by atoms with Crippen molar-refractivity contribution in [2.24, 2.45) is 5.73 Å². The molecule has 9 heteroatoms. The monoisotopic (exact) mass is 529 g/mol. The second kappa shape index (κ2) is 11.0. The summed E-state index contributed by atoms with van der Waals surface area (Å²) >= 11 is 0. The number of hydrogen-bond donors (Lipinski definition) is 2. The maximum Gasteiger partial charge on any atom is 0.338 e. The van der Waals surface area contributed by atoms with Crippen LogP contribution in [0.1, 0.15) is 15.9 Å². The van der Waals surface area contributed by atoms with Gasteiger partial charge in [0.05, 0.1) is 38.1 Å². The largest absolute Gasteiger partial charge is 0.493 e. The molecule has 5 aromatic rings. The highest BCUT2D eigenvalue weighted by atomic mass is 19.1. The van der Waals surface area contributed by atoms with Crippen LogP contribution in [0, 0.1) is 5.82 Å². The van der Waals surface area contributed by atoms with Crippen LogP contribution in [0.4, 0.5) is 4.39 Å². The Morgan fingerprint density at radius 1 is 0.974 bits per heavy atom. The molecular weight excluding hydrogens is 501 g/mol. The molecule has 0 saturated heterocycles. The summed E-state index contributed by atoms with van der Waals surface area (Å²) in [6, 6.07) is 16.6. The third-order valence-corrected chi connectivity index (χ3v) is 6.54. The average molecular weight is 530 g/mol. The van der Waals surface area contributed by atoms with Crippen molar-refractivity contribution in [2.75, 3.05) is 27.9 Å². The number of hydrogen-bond acceptors (Lipinski definition) is 7. The van der Waals surface area contributed by atoms with Crippen molar-refractivity contribution in [1.29, 1.82) is 0 Å². The van der Waals surface area contributed by atoms with Crippen LogP contribution in [0.25, 0.3) is 33.1 Å². The lowest BCUT2D eigenvalue weighted by Gasteiger charge is -2.16. The highest BCUT2D eigenvalue weighted by molar-refractivity contribution is 6.04. The molecular formula is C30H28FN3O5. The molecule has 0 unspecified atom stereocenters. The van der Waals surface area contributed by atoms with Crippen LogP contribution in [0.2, 0.25) is 0 Å². The van der Waals surface area contributed by atoms with Gasteiger partial charge in [0, 0.05) is 34.1 Å². The van der Waals surface area contributed by atoms with Crippen molar-refractivity contribution in [1.82, 2.24) is 9.97 Å². The number of rotatable bonds is 9. The first-order valence-corrected chi connectivity index (χ1v) is 12.3. The molecule has 5 rings (SSSR count). The van der Waals surface area contributed by atoms with E-state index in [9.17, 15) is 9.18 Å². The van der Waals surface area contributed by atoms with E-state index < -0.39 is 12.0 Å². The Bertz CT molecular complexity index is 1640. The minimum Gasteiger partial charge on any atom is -0.493 e. The SMILES string of the molecule is COc1cc(-c2cc(C(=O)OC[C@H](N)Cc3c[nH]c4ccc(F)cc34)c3ccccc3n2)cc(OC)c1OC. The lowest BCUT2D eigenvalue weighted by molar-refractivity contribution is 0.0483. The van der Waals surface area contributed by atoms with Gasteiger partial charge in [0.25, 0.3) is 0 Å². The van der Waals surface area contributed by atoms with Crippen LogP contribution < -0.4 is 19.9 Å². The normalized spacial score (nSPS) is 11.9. The van der Waals surface area contributed by atoms with E-state index in [4.69, 9.17) is 29.7 Å². The number of carbonyl (C=O) groups is 1. The van der Waals surface area contributed by atoms with Gasteiger partial charge in [0.15, 0.2) is 11.5 Å². The molecule has 39 heavy (non-hydrogen) atoms. The number of para-hydroxylation sites is 1. The van der Waals surface area contributed by atoms with Crippen LogP contribution >= 0.6 is 0 Å². The summed E-state index contributed by atoms with van der Waals surface area (Å²) in [5.74, 6) is 0.540. The molecule has 0 amide bonds. The lowest BCUT2D eigenvalue weighted by Crippen LogP contribution is -2.30. The summed E-state index contributed by atoms with van der Waals surface area (Å²) in [6.45, 7) is -0.0169. The number of methoxy groups -OCH3 is 3. The van der Waals surface area contributed by atoms with E-state index in [0.717, 1.165) is 16.5 Å². The Morgan fingerprint density at radius 2 is 1.72 bits per heavy atom. The number of pyridine rings is 1. The number of fused-ring (bicyclic) bond motifs is 2. The van der Waals surface area contributed by atoms with E-state index >= 15 is 0 Å². The third-order valence-electron chi connectivity index (χ3n) is 6.54. The fourth-order valence-electron chi connectivity index (χ4n) is 4.64. The van der Waals surface area contributed by atoms with Crippen molar-refractivity contribution in [3.63, 3.8) is 0 Å². The van der Waals surface area contributed by atoms with Crippen molar-refractivity contribution < 1.29 is 28.1 Å². The van der Waals surface area contributed by atoms with Gasteiger partial charge in [0.1, 0.15) is 12.4 Å². The molecule has 2 heterocycles. The molecule has 2 aromatic heterocycles. The maximum atomic E-state index is 13.7. The molecule has 3 N–H and O–H groups in total. The average Bonchev–Trinajstić information content (AvgIpc) is 3.35. The van der Waals surface area contributed by atoms with Crippen molar-refractivity contribution in [2.45, 2.75) is 12.5 Å². The van der Waals surface area contributed by atoms with Gasteiger partial charge in [-0.3, -0.25) is 0 Å². The topological polar surface area (TPSA) is 109 Å². The number of halogens is 1. The highest BCUT2D eigenvalue weighted by Crippen LogP contribution is 2.41. The molecule has 0 saturated carbocycles. The summed E-state index contributed by atoms with van der Waals surface area (Å²) in [5.41, 5.74) is 10.2. The summed E-state index contributed by atoms with van der Waals surface area (Å²) in [7, 11) is 4.60. The zero-order valence-corrected chi connectivity index (χ0v) is 21.8. The van der Waals surface area contributed by atoms with Crippen molar-refractivity contribution >= 4 is 27.8 Å². The van der Waals surface area contributed by atoms with Gasteiger partial charge in [-0.1, -0.05) is 18.2 Å². The zero-order valence-electron chi connectivity index (χ0n) is 21.8. The van der Waals surface area contributed by atoms with Gasteiger partial charge in [-0.05, 0) is 54.4 Å². The van der Waals surface area contributed by atoms with E-state index in [2.05, 4.69) is 4.98 Å². The van der Waals surface area contributed by atoms with Gasteiger partial charge in [-0.2, -0.15) is 0 Å². The molecule has 3 aromatic carbocycles. The van der Waals surface area contributed by atoms with Crippen LogP contribution in [-0.2, 0) is 11.2 Å². The summed E-state index contributed by atoms with van der Waals surface area (Å²) in [5, 5.41) is 1.41. The van der Waals surface area contributed by atoms with E-state index in [1.165, 1.54) is 33.5 Å². The number of nitrogens with two attached hydrogens (primary N) is 1. The fraction of sp³-hybridized carbons (Fsp3) is 0.200. The Labute approximate surface area is 224 Å². The number of nitrogens with one attached hydrogen (secondary N) is 1. The van der Waals surface area contributed by atoms with E-state index in [1.54, 1.807) is 30.5 Å². The number of ether oxygens (including phenoxy) is 4. The molecule has 0 fully saturated rings. The fourth-order valence-corrected chi connectivity index (χ4v) is 4.64. The third kappa shape index (κ3) is 5.21. The van der Waals surface area contributed by atoms with E-state index in [1.807, 2.05) is 24.3 Å². The molecule has 0 aliphatic heterocycles. The predicted molar refractivity (Wildman–Crippen MR) is 147 cm³/mol. The first kappa shape index (κ1) is 26.0. The Kier molecular flexibility index (Phi) is 7.33. The second-order valence-electron chi connectivity index (χ2n) is 9.05. The first-order chi connectivity index (χ1) is 18.9. The maximum absolute atomic E-state index is 13.7. The van der Waals surface area contributed by atoms with Gasteiger partial charge in [-0.25, -0.2) is 14.2 Å². The zero-order chi connectivity index (χ0) is 27.5. The van der Waals surface area contributed by atoms with Crippen LogP contribution in [-0.4, -0.2) is 49.9 Å². The Morgan fingerprint density at radius 3 is 2.44 bits per heavy atom. The lowest BCUT2D eigenvalue weighted by atomic mass is 10.0. The summed E-state index contributed by atoms with van der Waals surface area (Å²) in [4.78, 5) is 21.2. The number of benzene rings is 3. The standard InChI is InChI=1S/C30H28FN3O5/c1-36-27-11-17(12-28(37-2)29(27)38-3)26-14-23(21-6-4-5-7-25(21)34-26)30(35)39-16-20(32)10-18-15-33-24-9-8-19(31)13-22(18)24/h4-9,11-15,20,33H,10,16,32H2,1-3H3/t20-/m1/s1. The van der Waals surface area contributed by atoms with E-state index in [0.29, 0.717) is 51.4 Å². The minimum absolute atomic E-state index is 0.0169. The number of esters is 1. The first-order valence-electron chi connectivity index (χ1n) is 12.3. The molecule has 8 nitrogen and oxygen atoms in total. The molecule has 0 bridgehead atoms. The van der Waals surface area contributed by atoms with Gasteiger partial charge in [0.2, 0.25) is 5.75 Å². The molecule has 0 aliphatic carbocycles. The van der Waals surface area contributed by atoms with Crippen molar-refractivity contribution in [3.8, 4) is 28.5 Å². The van der Waals surface area contributed by atoms with Gasteiger partial charge >= 0.3 is 5.97 Å². The van der Waals surface area contributed by atoms with Gasteiger partial charge < -0.3 is 29.7 Å². The number of aromatic amines is 1. The summed E-state index contributed by atoms with van der Waals surface area (Å²) in [6.07, 6.45) is 2.20. The smallest absolute Gasteiger partial charge is 0.338 e. The number of aromatic nitrogens is 2. The highest BCUT2D eigenvalue weighted by Gasteiger charge is 2.20. The predicted octanol–water partition coefficient (Wildman–Crippen LogP) is 5.27. The van der Waals surface area contributed by atoms with Crippen LogP contribution in [0.3, 0.4) is 0 Å². The Hall–Kier alpha value is -4.63. The van der Waals surface area contributed by atoms with E-state index in [-0.39, 0.29) is 12.4 Å². The molecule has 200 valence electrons. The molecule has 0 aliphatic rings. The van der Waals surface area contributed by atoms with Gasteiger partial charge in [-0.15, -0.1) is 0 Å². The quantitative estimate of drug-likeness (QED) is 0.250. The minimum atomic E-state index is -0.525.